The van der Waals surface area contributed by atoms with Crippen molar-refractivity contribution in [1.29, 1.82) is 5.26 Å². The molecule has 2 amide bonds. The maximum atomic E-state index is 14.2. The number of carbonyl (C=O) groups excluding carboxylic acids is 2. The number of allylic oxidation sites excluding steroid dienone is 1. The number of nitrogens with one attached hydrogen (secondary N) is 3. The number of nitrogens with zero attached hydrogens (tertiary/aromatic N) is 3. The molecule has 0 bridgehead atoms. The minimum atomic E-state index is -0.997. The Morgan fingerprint density at radius 1 is 0.641 bits per heavy atom. The number of benzene rings is 6. The summed E-state index contributed by atoms with van der Waals surface area (Å²) in [6.07, 6.45) is 2.16. The van der Waals surface area contributed by atoms with Gasteiger partial charge in [-0.15, -0.1) is 0 Å². The predicted molar refractivity (Wildman–Crippen MR) is 251 cm³/mol. The van der Waals surface area contributed by atoms with Crippen molar-refractivity contribution in [2.75, 3.05) is 23.8 Å². The van der Waals surface area contributed by atoms with Crippen LogP contribution in [0.5, 0.6) is 0 Å². The van der Waals surface area contributed by atoms with E-state index in [4.69, 9.17) is 14.6 Å². The van der Waals surface area contributed by atoms with Crippen LogP contribution < -0.4 is 16.0 Å². The van der Waals surface area contributed by atoms with Crippen LogP contribution in [0.25, 0.3) is 0 Å². The zero-order valence-electron chi connectivity index (χ0n) is 36.3. The predicted octanol–water partition coefficient (Wildman–Crippen LogP) is 10.6. The Labute approximate surface area is 375 Å². The summed E-state index contributed by atoms with van der Waals surface area (Å²) in [5.74, 6) is -0.0448. The van der Waals surface area contributed by atoms with Crippen LogP contribution in [0.4, 0.5) is 16.3 Å². The van der Waals surface area contributed by atoms with E-state index in [0.29, 0.717) is 11.5 Å². The smallest absolute Gasteiger partial charge is 0.407 e. The number of rotatable bonds is 17. The molecule has 7 rings (SSSR count). The second kappa shape index (κ2) is 20.4. The molecule has 0 aliphatic rings. The third-order valence-corrected chi connectivity index (χ3v) is 10.8. The number of nitriles is 1. The minimum absolute atomic E-state index is 0.00419. The van der Waals surface area contributed by atoms with Crippen molar-refractivity contribution in [3.05, 3.63) is 233 Å². The molecule has 0 aliphatic carbocycles. The molecule has 0 saturated carbocycles. The second-order valence-electron chi connectivity index (χ2n) is 16.2. The highest BCUT2D eigenvalue weighted by atomic mass is 16.5. The summed E-state index contributed by atoms with van der Waals surface area (Å²) in [5.41, 5.74) is 3.75. The van der Waals surface area contributed by atoms with Crippen LogP contribution in [0.15, 0.2) is 200 Å². The minimum Gasteiger partial charge on any atom is -0.449 e. The fourth-order valence-electron chi connectivity index (χ4n) is 7.92. The largest absolute Gasteiger partial charge is 0.449 e. The number of ether oxygens (including phenoxy) is 2. The molecule has 322 valence electrons. The number of hydrogen-bond acceptors (Lipinski definition) is 7. The van der Waals surface area contributed by atoms with Crippen molar-refractivity contribution in [3.8, 4) is 6.07 Å². The number of carbonyl (C=O) groups is 2. The average molecular weight is 849 g/mol. The molecule has 3 N–H and O–H groups in total. The van der Waals surface area contributed by atoms with E-state index in [9.17, 15) is 14.9 Å². The highest BCUT2D eigenvalue weighted by Gasteiger charge is 2.40. The molecule has 1 heterocycles. The summed E-state index contributed by atoms with van der Waals surface area (Å²) in [4.78, 5) is 26.6. The molecule has 64 heavy (non-hydrogen) atoms. The van der Waals surface area contributed by atoms with Gasteiger partial charge in [-0.3, -0.25) is 4.79 Å². The van der Waals surface area contributed by atoms with Gasteiger partial charge in [0.15, 0.2) is 0 Å². The number of hydrogen-bond donors (Lipinski definition) is 3. The molecular weight excluding hydrogens is 797 g/mol. The Bertz CT molecular complexity index is 2470. The average Bonchev–Trinajstić information content (AvgIpc) is 3.69. The van der Waals surface area contributed by atoms with Crippen molar-refractivity contribution < 1.29 is 19.1 Å². The first-order valence-electron chi connectivity index (χ1n) is 21.3. The van der Waals surface area contributed by atoms with Gasteiger partial charge in [0, 0.05) is 23.6 Å². The van der Waals surface area contributed by atoms with E-state index in [1.165, 1.54) is 6.08 Å². The van der Waals surface area contributed by atoms with Crippen molar-refractivity contribution in [2.45, 2.75) is 50.4 Å². The Morgan fingerprint density at radius 3 is 1.47 bits per heavy atom. The fourth-order valence-corrected chi connectivity index (χ4v) is 7.92. The highest BCUT2D eigenvalue weighted by Crippen LogP contribution is 2.43. The first-order chi connectivity index (χ1) is 31.1. The molecule has 6 aromatic carbocycles. The Hall–Kier alpha value is -7.74. The molecule has 0 radical (unpaired) electrons. The molecule has 0 aliphatic heterocycles. The van der Waals surface area contributed by atoms with Crippen LogP contribution in [0.1, 0.15) is 60.6 Å². The van der Waals surface area contributed by atoms with Crippen molar-refractivity contribution in [2.24, 2.45) is 0 Å². The first-order valence-corrected chi connectivity index (χ1v) is 21.3. The maximum absolute atomic E-state index is 14.2. The van der Waals surface area contributed by atoms with Gasteiger partial charge in [-0.25, -0.2) is 9.48 Å². The lowest BCUT2D eigenvalue weighted by molar-refractivity contribution is -0.113. The van der Waals surface area contributed by atoms with Crippen LogP contribution >= 0.6 is 0 Å². The molecule has 0 unspecified atom stereocenters. The summed E-state index contributed by atoms with van der Waals surface area (Å²) < 4.78 is 14.4. The zero-order chi connectivity index (χ0) is 44.8. The van der Waals surface area contributed by atoms with Crippen LogP contribution in [-0.2, 0) is 32.0 Å². The Kier molecular flexibility index (Phi) is 14.1. The molecule has 1 aromatic heterocycles. The summed E-state index contributed by atoms with van der Waals surface area (Å²) in [7, 11) is 0. The van der Waals surface area contributed by atoms with E-state index in [1.54, 1.807) is 10.9 Å². The van der Waals surface area contributed by atoms with E-state index >= 15 is 0 Å². The van der Waals surface area contributed by atoms with Gasteiger partial charge in [0.1, 0.15) is 22.6 Å². The Balaban J connectivity index is 1.31. The summed E-state index contributed by atoms with van der Waals surface area (Å²) in [6.45, 7) is 5.87. The van der Waals surface area contributed by atoms with E-state index in [2.05, 4.69) is 88.7 Å². The fraction of sp³-hybridized carbons (Fsp3) is 0.185. The summed E-state index contributed by atoms with van der Waals surface area (Å²) in [6, 6.07) is 63.0. The molecule has 0 atom stereocenters. The lowest BCUT2D eigenvalue weighted by Crippen LogP contribution is -2.41. The third kappa shape index (κ3) is 10.1. The van der Waals surface area contributed by atoms with E-state index in [0.717, 1.165) is 33.4 Å². The number of amides is 2. The maximum Gasteiger partial charge on any atom is 0.407 e. The third-order valence-electron chi connectivity index (χ3n) is 10.8. The van der Waals surface area contributed by atoms with Gasteiger partial charge < -0.3 is 25.4 Å². The topological polar surface area (TPSA) is 130 Å². The van der Waals surface area contributed by atoms with Crippen molar-refractivity contribution in [3.63, 3.8) is 0 Å². The molecule has 0 saturated heterocycles. The Morgan fingerprint density at radius 2 is 1.06 bits per heavy atom. The number of aromatic nitrogens is 2. The van der Waals surface area contributed by atoms with Gasteiger partial charge in [-0.1, -0.05) is 182 Å². The van der Waals surface area contributed by atoms with Gasteiger partial charge in [0.25, 0.3) is 5.91 Å². The van der Waals surface area contributed by atoms with Crippen LogP contribution in [0, 0.1) is 11.3 Å². The van der Waals surface area contributed by atoms with Crippen LogP contribution in [0.2, 0.25) is 0 Å². The molecule has 0 fully saturated rings. The second-order valence-corrected chi connectivity index (χ2v) is 16.2. The molecule has 7 aromatic rings. The van der Waals surface area contributed by atoms with Crippen LogP contribution in [-0.4, -0.2) is 40.5 Å². The monoisotopic (exact) mass is 848 g/mol. The summed E-state index contributed by atoms with van der Waals surface area (Å²) in [5, 5.41) is 24.4. The quantitative estimate of drug-likeness (QED) is 0.0472. The van der Waals surface area contributed by atoms with Gasteiger partial charge in [-0.2, -0.15) is 10.4 Å². The van der Waals surface area contributed by atoms with Crippen LogP contribution in [0.3, 0.4) is 0 Å². The molecule has 10 heteroatoms. The summed E-state index contributed by atoms with van der Waals surface area (Å²) >= 11 is 0. The van der Waals surface area contributed by atoms with E-state index in [-0.39, 0.29) is 31.8 Å². The van der Waals surface area contributed by atoms with Gasteiger partial charge in [-0.05, 0) is 54.2 Å². The number of anilines is 2. The first kappa shape index (κ1) is 44.3. The number of alkyl carbamates (subject to hydrolysis) is 1. The standard InChI is InChI=1S/C54H52N6O4/c1-52(2,3)59-51(62)63-38-35-41(34-36-55)50(61)57-48-40-56-60(37-39-64-54(45-28-16-7-17-29-45,46-30-18-8-19-31-46)47-32-20-9-21-33-47)49(48)58-53(42-22-10-4-11-23-42,43-24-12-5-13-25-43)44-26-14-6-15-27-44/h4-34,40,58H,35,37-39H2,1-3H3,(H,57,61)(H,59,62). The van der Waals surface area contributed by atoms with E-state index < -0.39 is 28.7 Å². The van der Waals surface area contributed by atoms with Crippen molar-refractivity contribution in [1.82, 2.24) is 15.1 Å². The highest BCUT2D eigenvalue weighted by molar-refractivity contribution is 6.05. The molecular formula is C54H52N6O4. The lowest BCUT2D eigenvalue weighted by Gasteiger charge is -2.38. The zero-order valence-corrected chi connectivity index (χ0v) is 36.3. The van der Waals surface area contributed by atoms with E-state index in [1.807, 2.05) is 136 Å². The van der Waals surface area contributed by atoms with Crippen molar-refractivity contribution >= 4 is 23.5 Å². The van der Waals surface area contributed by atoms with Gasteiger partial charge in [0.05, 0.1) is 32.0 Å². The molecule has 0 spiro atoms. The molecule has 10 nitrogen and oxygen atoms in total. The normalized spacial score (nSPS) is 11.9. The SMILES string of the molecule is CC(C)(C)NC(=O)OCCC(=CC#N)C(=O)Nc1cnn(CCOC(c2ccccc2)(c2ccccc2)c2ccccc2)c1NC(c1ccccc1)(c1ccccc1)c1ccccc1. The van der Waals surface area contributed by atoms with Gasteiger partial charge >= 0.3 is 6.09 Å². The lowest BCUT2D eigenvalue weighted by atomic mass is 9.77. The van der Waals surface area contributed by atoms with Gasteiger partial charge in [0.2, 0.25) is 0 Å².